The number of aryl methyl sites for hydroxylation is 1. The van der Waals surface area contributed by atoms with Crippen LogP contribution in [0.15, 0.2) is 0 Å². The zero-order valence-electron chi connectivity index (χ0n) is 9.08. The summed E-state index contributed by atoms with van der Waals surface area (Å²) in [5.74, 6) is 0.114. The minimum Gasteiger partial charge on any atom is -0.378 e. The molecule has 0 aliphatic carbocycles. The van der Waals surface area contributed by atoms with Gasteiger partial charge in [0, 0.05) is 20.0 Å². The summed E-state index contributed by atoms with van der Waals surface area (Å²) in [7, 11) is 0. The van der Waals surface area contributed by atoms with E-state index in [4.69, 9.17) is 4.74 Å². The summed E-state index contributed by atoms with van der Waals surface area (Å²) >= 11 is 1.51. The van der Waals surface area contributed by atoms with Crippen LogP contribution in [0.1, 0.15) is 40.1 Å². The van der Waals surface area contributed by atoms with Crippen molar-refractivity contribution in [2.75, 3.05) is 6.61 Å². The van der Waals surface area contributed by atoms with Gasteiger partial charge in [0.05, 0.1) is 21.7 Å². The maximum atomic E-state index is 11.3. The molecule has 1 fully saturated rings. The van der Waals surface area contributed by atoms with Gasteiger partial charge in [0.15, 0.2) is 5.78 Å². The highest BCUT2D eigenvalue weighted by molar-refractivity contribution is 7.13. The average Bonchev–Trinajstić information content (AvgIpc) is 2.75. The van der Waals surface area contributed by atoms with Crippen LogP contribution in [-0.4, -0.2) is 23.5 Å². The molecular weight excluding hydrogens is 210 g/mol. The predicted molar refractivity (Wildman–Crippen MR) is 59.5 cm³/mol. The monoisotopic (exact) mass is 225 g/mol. The highest BCUT2D eigenvalue weighted by atomic mass is 32.1. The lowest BCUT2D eigenvalue weighted by molar-refractivity contribution is 0.102. The number of ketones is 1. The summed E-state index contributed by atoms with van der Waals surface area (Å²) in [6, 6.07) is 0. The molecule has 4 heteroatoms. The Morgan fingerprint density at radius 1 is 1.67 bits per heavy atom. The molecule has 0 bridgehead atoms. The molecule has 1 aromatic rings. The van der Waals surface area contributed by atoms with Crippen LogP contribution in [0.5, 0.6) is 0 Å². The van der Waals surface area contributed by atoms with E-state index in [2.05, 4.69) is 4.98 Å². The number of aromatic nitrogens is 1. The normalized spacial score (nSPS) is 20.8. The highest BCUT2D eigenvalue weighted by Gasteiger charge is 2.19. The second-order valence-corrected chi connectivity index (χ2v) is 5.00. The van der Waals surface area contributed by atoms with E-state index in [1.54, 1.807) is 6.92 Å². The second-order valence-electron chi connectivity index (χ2n) is 3.92. The van der Waals surface area contributed by atoms with Crippen molar-refractivity contribution in [3.8, 4) is 0 Å². The summed E-state index contributed by atoms with van der Waals surface area (Å²) in [6.07, 6.45) is 3.44. The molecule has 0 aromatic carbocycles. The first-order valence-corrected chi connectivity index (χ1v) is 6.07. The van der Waals surface area contributed by atoms with Crippen molar-refractivity contribution in [1.82, 2.24) is 4.98 Å². The Labute approximate surface area is 93.5 Å². The van der Waals surface area contributed by atoms with Crippen molar-refractivity contribution in [3.05, 3.63) is 15.6 Å². The molecule has 3 nitrogen and oxygen atoms in total. The first-order chi connectivity index (χ1) is 7.16. The zero-order chi connectivity index (χ0) is 10.8. The molecular formula is C11H15NO2S. The van der Waals surface area contributed by atoms with Crippen molar-refractivity contribution in [3.63, 3.8) is 0 Å². The molecule has 1 atom stereocenters. The Hall–Kier alpha value is -0.740. The molecule has 1 unspecified atom stereocenters. The fourth-order valence-electron chi connectivity index (χ4n) is 1.87. The van der Waals surface area contributed by atoms with Crippen molar-refractivity contribution in [2.24, 2.45) is 0 Å². The lowest BCUT2D eigenvalue weighted by Gasteiger charge is -2.05. The number of carbonyl (C=O) groups excluding carboxylic acids is 1. The van der Waals surface area contributed by atoms with Gasteiger partial charge in [-0.25, -0.2) is 4.98 Å². The third-order valence-corrected chi connectivity index (χ3v) is 3.87. The van der Waals surface area contributed by atoms with E-state index in [0.29, 0.717) is 6.10 Å². The third-order valence-electron chi connectivity index (χ3n) is 2.59. The molecule has 0 saturated carbocycles. The average molecular weight is 225 g/mol. The Morgan fingerprint density at radius 2 is 2.47 bits per heavy atom. The number of rotatable bonds is 3. The lowest BCUT2D eigenvalue weighted by atomic mass is 10.2. The van der Waals surface area contributed by atoms with Crippen molar-refractivity contribution in [2.45, 2.75) is 39.2 Å². The van der Waals surface area contributed by atoms with Crippen LogP contribution in [0.2, 0.25) is 0 Å². The van der Waals surface area contributed by atoms with Crippen LogP contribution < -0.4 is 0 Å². The van der Waals surface area contributed by atoms with Crippen molar-refractivity contribution in [1.29, 1.82) is 0 Å². The number of carbonyl (C=O) groups is 1. The van der Waals surface area contributed by atoms with Crippen LogP contribution in [-0.2, 0) is 11.2 Å². The van der Waals surface area contributed by atoms with Crippen molar-refractivity contribution < 1.29 is 9.53 Å². The molecule has 2 heterocycles. The number of nitrogens with zero attached hydrogens (tertiary/aromatic N) is 1. The number of thiazole rings is 1. The summed E-state index contributed by atoms with van der Waals surface area (Å²) in [6.45, 7) is 4.36. The molecule has 0 radical (unpaired) electrons. The second kappa shape index (κ2) is 4.41. The van der Waals surface area contributed by atoms with Crippen LogP contribution >= 0.6 is 11.3 Å². The molecule has 0 spiro atoms. The van der Waals surface area contributed by atoms with Gasteiger partial charge in [0.1, 0.15) is 0 Å². The smallest absolute Gasteiger partial charge is 0.171 e. The minimum atomic E-state index is 0.114. The van der Waals surface area contributed by atoms with Crippen LogP contribution in [0.4, 0.5) is 0 Å². The summed E-state index contributed by atoms with van der Waals surface area (Å²) in [5.41, 5.74) is 0.862. The van der Waals surface area contributed by atoms with Gasteiger partial charge in [-0.05, 0) is 19.8 Å². The van der Waals surface area contributed by atoms with Crippen LogP contribution in [0.3, 0.4) is 0 Å². The molecule has 82 valence electrons. The van der Waals surface area contributed by atoms with Gasteiger partial charge in [-0.3, -0.25) is 4.79 Å². The summed E-state index contributed by atoms with van der Waals surface area (Å²) in [4.78, 5) is 16.5. The summed E-state index contributed by atoms with van der Waals surface area (Å²) < 4.78 is 5.55. The fourth-order valence-corrected chi connectivity index (χ4v) is 2.89. The van der Waals surface area contributed by atoms with Gasteiger partial charge < -0.3 is 4.74 Å². The van der Waals surface area contributed by atoms with E-state index in [9.17, 15) is 4.79 Å². The standard InChI is InChI=1S/C11H15NO2S/c1-7-11(8(2)13)15-10(12-7)6-9-4-3-5-14-9/h9H,3-6H2,1-2H3. The van der Waals surface area contributed by atoms with Gasteiger partial charge >= 0.3 is 0 Å². The Bertz CT molecular complexity index is 367. The summed E-state index contributed by atoms with van der Waals surface area (Å²) in [5, 5.41) is 1.03. The molecule has 0 amide bonds. The van der Waals surface area contributed by atoms with E-state index in [1.807, 2.05) is 6.92 Å². The molecule has 1 aliphatic heterocycles. The molecule has 1 aliphatic rings. The largest absolute Gasteiger partial charge is 0.378 e. The van der Waals surface area contributed by atoms with Gasteiger partial charge in [-0.15, -0.1) is 11.3 Å². The number of hydrogen-bond donors (Lipinski definition) is 0. The lowest BCUT2D eigenvalue weighted by Crippen LogP contribution is -2.08. The van der Waals surface area contributed by atoms with Gasteiger partial charge in [-0.1, -0.05) is 0 Å². The first kappa shape index (κ1) is 10.8. The van der Waals surface area contributed by atoms with E-state index >= 15 is 0 Å². The Kier molecular flexibility index (Phi) is 3.17. The van der Waals surface area contributed by atoms with E-state index < -0.39 is 0 Å². The fraction of sp³-hybridized carbons (Fsp3) is 0.636. The number of hydrogen-bond acceptors (Lipinski definition) is 4. The van der Waals surface area contributed by atoms with E-state index in [1.165, 1.54) is 11.3 Å². The molecule has 1 saturated heterocycles. The molecule has 1 aromatic heterocycles. The zero-order valence-corrected chi connectivity index (χ0v) is 9.89. The number of Topliss-reactive ketones (excluding diaryl/α,β-unsaturated/α-hetero) is 1. The SMILES string of the molecule is CC(=O)c1sc(CC2CCCO2)nc1C. The van der Waals surface area contributed by atoms with Gasteiger partial charge in [0.25, 0.3) is 0 Å². The highest BCUT2D eigenvalue weighted by Crippen LogP contribution is 2.23. The number of ether oxygens (including phenoxy) is 1. The molecule has 2 rings (SSSR count). The van der Waals surface area contributed by atoms with Crippen LogP contribution in [0.25, 0.3) is 0 Å². The Balaban J connectivity index is 2.08. The van der Waals surface area contributed by atoms with E-state index in [-0.39, 0.29) is 5.78 Å². The van der Waals surface area contributed by atoms with Crippen molar-refractivity contribution >= 4 is 17.1 Å². The van der Waals surface area contributed by atoms with Gasteiger partial charge in [-0.2, -0.15) is 0 Å². The van der Waals surface area contributed by atoms with Crippen LogP contribution in [0, 0.1) is 6.92 Å². The quantitative estimate of drug-likeness (QED) is 0.741. The minimum absolute atomic E-state index is 0.114. The maximum absolute atomic E-state index is 11.3. The predicted octanol–water partition coefficient (Wildman–Crippen LogP) is 2.38. The molecule has 15 heavy (non-hydrogen) atoms. The topological polar surface area (TPSA) is 39.2 Å². The molecule has 0 N–H and O–H groups in total. The first-order valence-electron chi connectivity index (χ1n) is 5.25. The van der Waals surface area contributed by atoms with E-state index in [0.717, 1.165) is 41.4 Å². The van der Waals surface area contributed by atoms with Gasteiger partial charge in [0.2, 0.25) is 0 Å². The Morgan fingerprint density at radius 3 is 3.00 bits per heavy atom. The maximum Gasteiger partial charge on any atom is 0.171 e. The third kappa shape index (κ3) is 2.44.